The van der Waals surface area contributed by atoms with Gasteiger partial charge in [-0.2, -0.15) is 0 Å². The van der Waals surface area contributed by atoms with Gasteiger partial charge in [-0.15, -0.1) is 0 Å². The molecule has 0 saturated heterocycles. The highest BCUT2D eigenvalue weighted by Gasteiger charge is 2.19. The van der Waals surface area contributed by atoms with Gasteiger partial charge in [0.05, 0.1) is 0 Å². The molecule has 0 aliphatic carbocycles. The van der Waals surface area contributed by atoms with Gasteiger partial charge in [0.1, 0.15) is 13.2 Å². The summed E-state index contributed by atoms with van der Waals surface area (Å²) in [6.07, 6.45) is 60.8. The average molecular weight is 853 g/mol. The molecule has 1 atom stereocenters. The number of rotatable bonds is 46. The molecule has 0 aromatic heterocycles. The van der Waals surface area contributed by atoms with Crippen molar-refractivity contribution in [1.29, 1.82) is 0 Å². The predicted octanol–water partition coefficient (Wildman–Crippen LogP) is 16.9. The lowest BCUT2D eigenvalue weighted by Gasteiger charge is -2.18. The zero-order valence-electron chi connectivity index (χ0n) is 40.2. The van der Waals surface area contributed by atoms with Crippen LogP contribution in [0.25, 0.3) is 0 Å². The van der Waals surface area contributed by atoms with Crippen molar-refractivity contribution in [3.05, 3.63) is 60.8 Å². The Hall–Kier alpha value is -2.89. The average Bonchev–Trinajstić information content (AvgIpc) is 3.26. The topological polar surface area (TPSA) is 78.9 Å². The van der Waals surface area contributed by atoms with Crippen LogP contribution in [0.5, 0.6) is 0 Å². The SMILES string of the molecule is CC/C=C\C/C=C\C/C=C\CCCCC(=O)OC(COC(=O)CCCCCCC/C=C\C/C=C\CC)COC(=O)CCCCCCCCCCCCCCCCCCCCC. The number of allylic oxidation sites excluding steroid dienone is 10. The second kappa shape index (κ2) is 49.8. The molecule has 6 heteroatoms. The number of carbonyl (C=O) groups excluding carboxylic acids is 3. The summed E-state index contributed by atoms with van der Waals surface area (Å²) in [5, 5.41) is 0. The summed E-state index contributed by atoms with van der Waals surface area (Å²) in [4.78, 5) is 37.9. The van der Waals surface area contributed by atoms with Crippen LogP contribution in [0.4, 0.5) is 0 Å². The lowest BCUT2D eigenvalue weighted by atomic mass is 10.0. The first kappa shape index (κ1) is 58.1. The molecule has 0 fully saturated rings. The molecule has 0 spiro atoms. The molecule has 0 aromatic rings. The third kappa shape index (κ3) is 48.0. The van der Waals surface area contributed by atoms with E-state index in [1.807, 2.05) is 0 Å². The highest BCUT2D eigenvalue weighted by Crippen LogP contribution is 2.16. The molecule has 6 nitrogen and oxygen atoms in total. The summed E-state index contributed by atoms with van der Waals surface area (Å²) >= 11 is 0. The highest BCUT2D eigenvalue weighted by atomic mass is 16.6. The van der Waals surface area contributed by atoms with Crippen molar-refractivity contribution >= 4 is 17.9 Å². The monoisotopic (exact) mass is 853 g/mol. The zero-order chi connectivity index (χ0) is 44.4. The van der Waals surface area contributed by atoms with E-state index in [4.69, 9.17) is 14.2 Å². The first-order chi connectivity index (χ1) is 30.0. The van der Waals surface area contributed by atoms with Crippen molar-refractivity contribution in [3.8, 4) is 0 Å². The molecule has 0 heterocycles. The van der Waals surface area contributed by atoms with Crippen LogP contribution in [0.2, 0.25) is 0 Å². The van der Waals surface area contributed by atoms with Gasteiger partial charge < -0.3 is 14.2 Å². The Labute approximate surface area is 377 Å². The molecule has 0 rings (SSSR count). The lowest BCUT2D eigenvalue weighted by molar-refractivity contribution is -0.167. The van der Waals surface area contributed by atoms with Crippen LogP contribution in [0, 0.1) is 0 Å². The van der Waals surface area contributed by atoms with Gasteiger partial charge >= 0.3 is 17.9 Å². The van der Waals surface area contributed by atoms with Crippen molar-refractivity contribution < 1.29 is 28.6 Å². The van der Waals surface area contributed by atoms with Gasteiger partial charge in [-0.3, -0.25) is 14.4 Å². The Balaban J connectivity index is 4.34. The standard InChI is InChI=1S/C55H96O6/c1-4-7-10-13-16-19-22-25-26-27-28-29-30-31-34-36-39-42-45-48-54(57)60-51-52(61-55(58)49-46-43-40-37-33-24-21-18-15-12-9-6-3)50-59-53(56)47-44-41-38-35-32-23-20-17-14-11-8-5-2/h8-9,11-12,17-18,20-21,33,37,52H,4-7,10,13-16,19,22-32,34-36,38-51H2,1-3H3/b11-8-,12-9-,20-17-,21-18-,37-33-. The summed E-state index contributed by atoms with van der Waals surface area (Å²) in [6, 6.07) is 0. The molecule has 0 aliphatic heterocycles. The normalized spacial score (nSPS) is 12.5. The van der Waals surface area contributed by atoms with Gasteiger partial charge in [-0.05, 0) is 77.0 Å². The molecular formula is C55H96O6. The predicted molar refractivity (Wildman–Crippen MR) is 261 cm³/mol. The summed E-state index contributed by atoms with van der Waals surface area (Å²) in [6.45, 7) is 6.38. The van der Waals surface area contributed by atoms with Crippen LogP contribution in [-0.2, 0) is 28.6 Å². The van der Waals surface area contributed by atoms with Gasteiger partial charge in [0, 0.05) is 19.3 Å². The quantitative estimate of drug-likeness (QED) is 0.0263. The Morgan fingerprint density at radius 3 is 1.03 bits per heavy atom. The number of esters is 3. The van der Waals surface area contributed by atoms with Crippen LogP contribution >= 0.6 is 0 Å². The summed E-state index contributed by atoms with van der Waals surface area (Å²) in [5.41, 5.74) is 0. The molecule has 0 aromatic carbocycles. The molecule has 0 aliphatic rings. The number of ether oxygens (including phenoxy) is 3. The van der Waals surface area contributed by atoms with E-state index in [0.29, 0.717) is 19.3 Å². The van der Waals surface area contributed by atoms with Gasteiger partial charge in [-0.1, -0.05) is 216 Å². The molecular weight excluding hydrogens is 757 g/mol. The van der Waals surface area contributed by atoms with Crippen molar-refractivity contribution in [1.82, 2.24) is 0 Å². The van der Waals surface area contributed by atoms with Gasteiger partial charge in [0.2, 0.25) is 0 Å². The van der Waals surface area contributed by atoms with E-state index in [2.05, 4.69) is 81.5 Å². The molecule has 0 N–H and O–H groups in total. The van der Waals surface area contributed by atoms with Crippen LogP contribution in [0.3, 0.4) is 0 Å². The fraction of sp³-hybridized carbons (Fsp3) is 0.764. The number of hydrogen-bond acceptors (Lipinski definition) is 6. The Morgan fingerprint density at radius 2 is 0.639 bits per heavy atom. The zero-order valence-corrected chi connectivity index (χ0v) is 40.2. The van der Waals surface area contributed by atoms with E-state index in [1.165, 1.54) is 103 Å². The Morgan fingerprint density at radius 1 is 0.344 bits per heavy atom. The summed E-state index contributed by atoms with van der Waals surface area (Å²) < 4.78 is 16.7. The smallest absolute Gasteiger partial charge is 0.306 e. The Bertz CT molecular complexity index is 1120. The van der Waals surface area contributed by atoms with Crippen molar-refractivity contribution in [3.63, 3.8) is 0 Å². The fourth-order valence-corrected chi connectivity index (χ4v) is 7.20. The van der Waals surface area contributed by atoms with Crippen molar-refractivity contribution in [2.75, 3.05) is 13.2 Å². The molecule has 0 bridgehead atoms. The largest absolute Gasteiger partial charge is 0.462 e. The fourth-order valence-electron chi connectivity index (χ4n) is 7.20. The first-order valence-corrected chi connectivity index (χ1v) is 25.8. The molecule has 0 amide bonds. The van der Waals surface area contributed by atoms with Gasteiger partial charge in [0.15, 0.2) is 6.10 Å². The van der Waals surface area contributed by atoms with Crippen molar-refractivity contribution in [2.24, 2.45) is 0 Å². The van der Waals surface area contributed by atoms with Gasteiger partial charge in [0.25, 0.3) is 0 Å². The summed E-state index contributed by atoms with van der Waals surface area (Å²) in [5.74, 6) is -0.943. The molecule has 0 saturated carbocycles. The second-order valence-electron chi connectivity index (χ2n) is 17.0. The number of hydrogen-bond donors (Lipinski definition) is 0. The molecule has 352 valence electrons. The van der Waals surface area contributed by atoms with E-state index in [0.717, 1.165) is 103 Å². The minimum Gasteiger partial charge on any atom is -0.462 e. The van der Waals surface area contributed by atoms with Crippen LogP contribution < -0.4 is 0 Å². The number of carbonyl (C=O) groups is 3. The van der Waals surface area contributed by atoms with E-state index in [-0.39, 0.29) is 37.5 Å². The Kier molecular flexibility index (Phi) is 47.4. The van der Waals surface area contributed by atoms with Crippen LogP contribution in [0.15, 0.2) is 60.8 Å². The van der Waals surface area contributed by atoms with E-state index < -0.39 is 6.10 Å². The second-order valence-corrected chi connectivity index (χ2v) is 17.0. The van der Waals surface area contributed by atoms with Crippen LogP contribution in [-0.4, -0.2) is 37.2 Å². The van der Waals surface area contributed by atoms with Gasteiger partial charge in [-0.25, -0.2) is 0 Å². The molecule has 0 radical (unpaired) electrons. The van der Waals surface area contributed by atoms with Crippen LogP contribution in [0.1, 0.15) is 252 Å². The minimum absolute atomic E-state index is 0.0925. The van der Waals surface area contributed by atoms with E-state index >= 15 is 0 Å². The maximum atomic E-state index is 12.7. The van der Waals surface area contributed by atoms with Crippen molar-refractivity contribution in [2.45, 2.75) is 258 Å². The third-order valence-corrected chi connectivity index (χ3v) is 11.0. The third-order valence-electron chi connectivity index (χ3n) is 11.0. The highest BCUT2D eigenvalue weighted by molar-refractivity contribution is 5.71. The molecule has 61 heavy (non-hydrogen) atoms. The maximum absolute atomic E-state index is 12.7. The summed E-state index contributed by atoms with van der Waals surface area (Å²) in [7, 11) is 0. The lowest BCUT2D eigenvalue weighted by Crippen LogP contribution is -2.30. The van der Waals surface area contributed by atoms with E-state index in [9.17, 15) is 14.4 Å². The first-order valence-electron chi connectivity index (χ1n) is 25.8. The molecule has 1 unspecified atom stereocenters. The maximum Gasteiger partial charge on any atom is 0.306 e. The minimum atomic E-state index is -0.796. The van der Waals surface area contributed by atoms with E-state index in [1.54, 1.807) is 0 Å². The number of unbranched alkanes of at least 4 members (excludes halogenated alkanes) is 25.